The molecule has 0 N–H and O–H groups in total. The van der Waals surface area contributed by atoms with Crippen LogP contribution < -0.4 is 9.47 Å². The van der Waals surface area contributed by atoms with Crippen LogP contribution in [0.25, 0.3) is 0 Å². The molecule has 1 aliphatic heterocycles. The van der Waals surface area contributed by atoms with E-state index in [0.29, 0.717) is 17.9 Å². The molecule has 0 saturated carbocycles. The number of hydrogen-bond donors (Lipinski definition) is 0. The summed E-state index contributed by atoms with van der Waals surface area (Å²) < 4.78 is 34.7. The first kappa shape index (κ1) is 16.1. The Labute approximate surface area is 136 Å². The summed E-state index contributed by atoms with van der Waals surface area (Å²) >= 11 is 7.05. The quantitative estimate of drug-likeness (QED) is 0.691. The van der Waals surface area contributed by atoms with Crippen LogP contribution in [0.3, 0.4) is 0 Å². The molecule has 1 saturated heterocycles. The molecule has 0 bridgehead atoms. The molecule has 4 nitrogen and oxygen atoms in total. The minimum atomic E-state index is -2.90. The number of rotatable bonds is 4. The SMILES string of the molecule is COc1cc(C(Br)C2CCS(=O)(=O)C2)c(OC)cc1Br. The van der Waals surface area contributed by atoms with Crippen molar-refractivity contribution in [2.75, 3.05) is 25.7 Å². The Morgan fingerprint density at radius 1 is 1.25 bits per heavy atom. The summed E-state index contributed by atoms with van der Waals surface area (Å²) in [7, 11) is 0.294. The molecule has 0 aromatic heterocycles. The molecular weight excluding hydrogens is 412 g/mol. The van der Waals surface area contributed by atoms with Crippen LogP contribution in [0.2, 0.25) is 0 Å². The van der Waals surface area contributed by atoms with E-state index in [-0.39, 0.29) is 22.3 Å². The molecule has 7 heteroatoms. The van der Waals surface area contributed by atoms with E-state index in [1.54, 1.807) is 14.2 Å². The van der Waals surface area contributed by atoms with Crippen molar-refractivity contribution in [2.24, 2.45) is 5.92 Å². The lowest BCUT2D eigenvalue weighted by Gasteiger charge is -2.20. The second-order valence-corrected chi connectivity index (χ2v) is 8.86. The second-order valence-electron chi connectivity index (χ2n) is 4.79. The van der Waals surface area contributed by atoms with Gasteiger partial charge in [-0.1, -0.05) is 15.9 Å². The summed E-state index contributed by atoms with van der Waals surface area (Å²) in [5.41, 5.74) is 0.912. The maximum atomic E-state index is 11.6. The molecule has 2 unspecified atom stereocenters. The number of ether oxygens (including phenoxy) is 2. The van der Waals surface area contributed by atoms with E-state index in [1.165, 1.54) is 0 Å². The number of alkyl halides is 1. The third-order valence-corrected chi connectivity index (χ3v) is 7.14. The fraction of sp³-hybridized carbons (Fsp3) is 0.538. The number of halogens is 2. The first-order chi connectivity index (χ1) is 9.38. The number of benzene rings is 1. The first-order valence-electron chi connectivity index (χ1n) is 6.14. The van der Waals surface area contributed by atoms with Gasteiger partial charge in [-0.3, -0.25) is 0 Å². The van der Waals surface area contributed by atoms with Crippen LogP contribution in [-0.2, 0) is 9.84 Å². The van der Waals surface area contributed by atoms with Gasteiger partial charge in [0.15, 0.2) is 9.84 Å². The van der Waals surface area contributed by atoms with Gasteiger partial charge in [-0.15, -0.1) is 0 Å². The largest absolute Gasteiger partial charge is 0.496 e. The van der Waals surface area contributed by atoms with Gasteiger partial charge < -0.3 is 9.47 Å². The van der Waals surface area contributed by atoms with E-state index in [1.807, 2.05) is 12.1 Å². The predicted octanol–water partition coefficient (Wildman–Crippen LogP) is 3.34. The lowest BCUT2D eigenvalue weighted by atomic mass is 9.98. The first-order valence-corrected chi connectivity index (χ1v) is 9.67. The van der Waals surface area contributed by atoms with Crippen LogP contribution in [-0.4, -0.2) is 34.1 Å². The van der Waals surface area contributed by atoms with Gasteiger partial charge in [-0.25, -0.2) is 8.42 Å². The minimum absolute atomic E-state index is 0.0554. The Morgan fingerprint density at radius 3 is 2.40 bits per heavy atom. The molecule has 1 aromatic carbocycles. The molecule has 20 heavy (non-hydrogen) atoms. The maximum absolute atomic E-state index is 11.6. The molecule has 0 spiro atoms. The molecule has 1 heterocycles. The molecule has 0 radical (unpaired) electrons. The predicted molar refractivity (Wildman–Crippen MR) is 85.7 cm³/mol. The normalized spacial score (nSPS) is 22.5. The van der Waals surface area contributed by atoms with Crippen molar-refractivity contribution in [3.05, 3.63) is 22.2 Å². The zero-order chi connectivity index (χ0) is 14.9. The topological polar surface area (TPSA) is 52.6 Å². The number of hydrogen-bond acceptors (Lipinski definition) is 4. The summed E-state index contributed by atoms with van der Waals surface area (Å²) in [5.74, 6) is 1.94. The van der Waals surface area contributed by atoms with Gasteiger partial charge in [0.05, 0.1) is 30.2 Å². The van der Waals surface area contributed by atoms with Crippen molar-refractivity contribution >= 4 is 41.7 Å². The highest BCUT2D eigenvalue weighted by Gasteiger charge is 2.34. The summed E-state index contributed by atoms with van der Waals surface area (Å²) in [6.07, 6.45) is 0.666. The average molecular weight is 428 g/mol. The van der Waals surface area contributed by atoms with E-state index >= 15 is 0 Å². The Balaban J connectivity index is 2.36. The van der Waals surface area contributed by atoms with Gasteiger partial charge in [0, 0.05) is 10.4 Å². The molecule has 1 aromatic rings. The fourth-order valence-electron chi connectivity index (χ4n) is 2.41. The van der Waals surface area contributed by atoms with Gasteiger partial charge in [0.2, 0.25) is 0 Å². The molecule has 2 atom stereocenters. The van der Waals surface area contributed by atoms with Crippen LogP contribution in [0.1, 0.15) is 16.8 Å². The Bertz CT molecular complexity index is 601. The second kappa shape index (κ2) is 6.23. The lowest BCUT2D eigenvalue weighted by molar-refractivity contribution is 0.393. The van der Waals surface area contributed by atoms with Gasteiger partial charge in [0.25, 0.3) is 0 Å². The summed E-state index contributed by atoms with van der Waals surface area (Å²) in [5, 5.41) is 0. The zero-order valence-corrected chi connectivity index (χ0v) is 15.2. The Morgan fingerprint density at radius 2 is 1.90 bits per heavy atom. The summed E-state index contributed by atoms with van der Waals surface area (Å²) in [6, 6.07) is 3.72. The van der Waals surface area contributed by atoms with Gasteiger partial charge in [-0.2, -0.15) is 0 Å². The van der Waals surface area contributed by atoms with Crippen molar-refractivity contribution in [1.82, 2.24) is 0 Å². The number of methoxy groups -OCH3 is 2. The average Bonchev–Trinajstić information content (AvgIpc) is 2.78. The Hall–Kier alpha value is -0.270. The highest BCUT2D eigenvalue weighted by atomic mass is 79.9. The molecule has 112 valence electrons. The molecule has 1 aliphatic rings. The lowest BCUT2D eigenvalue weighted by Crippen LogP contribution is -2.11. The van der Waals surface area contributed by atoms with E-state index < -0.39 is 9.84 Å². The van der Waals surface area contributed by atoms with Crippen LogP contribution in [0, 0.1) is 5.92 Å². The highest BCUT2D eigenvalue weighted by molar-refractivity contribution is 9.10. The van der Waals surface area contributed by atoms with Crippen LogP contribution in [0.15, 0.2) is 16.6 Å². The van der Waals surface area contributed by atoms with Crippen molar-refractivity contribution < 1.29 is 17.9 Å². The van der Waals surface area contributed by atoms with Crippen LogP contribution in [0.5, 0.6) is 11.5 Å². The monoisotopic (exact) mass is 426 g/mol. The van der Waals surface area contributed by atoms with E-state index in [2.05, 4.69) is 31.9 Å². The fourth-order valence-corrected chi connectivity index (χ4v) is 5.79. The molecule has 2 rings (SSSR count). The molecule has 0 aliphatic carbocycles. The van der Waals surface area contributed by atoms with Crippen LogP contribution in [0.4, 0.5) is 0 Å². The number of sulfone groups is 1. The molecular formula is C13H16Br2O4S. The van der Waals surface area contributed by atoms with Crippen molar-refractivity contribution in [1.29, 1.82) is 0 Å². The van der Waals surface area contributed by atoms with E-state index in [9.17, 15) is 8.42 Å². The van der Waals surface area contributed by atoms with E-state index in [4.69, 9.17) is 9.47 Å². The summed E-state index contributed by atoms with van der Waals surface area (Å²) in [6.45, 7) is 0. The van der Waals surface area contributed by atoms with Gasteiger partial charge in [-0.05, 0) is 40.4 Å². The zero-order valence-electron chi connectivity index (χ0n) is 11.2. The van der Waals surface area contributed by atoms with E-state index in [0.717, 1.165) is 10.0 Å². The third kappa shape index (κ3) is 3.31. The van der Waals surface area contributed by atoms with Crippen molar-refractivity contribution in [3.8, 4) is 11.5 Å². The molecule has 1 fully saturated rings. The van der Waals surface area contributed by atoms with Crippen molar-refractivity contribution in [3.63, 3.8) is 0 Å². The van der Waals surface area contributed by atoms with Crippen molar-refractivity contribution in [2.45, 2.75) is 11.2 Å². The van der Waals surface area contributed by atoms with Crippen LogP contribution >= 0.6 is 31.9 Å². The smallest absolute Gasteiger partial charge is 0.150 e. The highest BCUT2D eigenvalue weighted by Crippen LogP contribution is 2.44. The maximum Gasteiger partial charge on any atom is 0.150 e. The van der Waals surface area contributed by atoms with Gasteiger partial charge >= 0.3 is 0 Å². The standard InChI is InChI=1S/C13H16Br2O4S/c1-18-11-6-10(14)12(19-2)5-9(11)13(15)8-3-4-20(16,17)7-8/h5-6,8,13H,3-4,7H2,1-2H3. The third-order valence-electron chi connectivity index (χ3n) is 3.48. The van der Waals surface area contributed by atoms with Gasteiger partial charge in [0.1, 0.15) is 11.5 Å². The Kier molecular flexibility index (Phi) is 5.02. The summed E-state index contributed by atoms with van der Waals surface area (Å²) in [4.78, 5) is -0.0725. The molecule has 0 amide bonds. The minimum Gasteiger partial charge on any atom is -0.496 e.